The molecule has 0 spiro atoms. The first-order chi connectivity index (χ1) is 8.79. The van der Waals surface area contributed by atoms with Crippen molar-refractivity contribution in [2.45, 2.75) is 13.1 Å². The number of rotatable bonds is 2. The third-order valence-corrected chi connectivity index (χ3v) is 2.96. The SMILES string of the molecule is CC(=O)c1ccc(Br)cc1-n1ccc(C(F)(F)F)n1. The minimum atomic E-state index is -4.51. The molecule has 19 heavy (non-hydrogen) atoms. The van der Waals surface area contributed by atoms with Gasteiger partial charge in [0, 0.05) is 16.2 Å². The van der Waals surface area contributed by atoms with Gasteiger partial charge in [0.25, 0.3) is 0 Å². The molecule has 0 saturated heterocycles. The van der Waals surface area contributed by atoms with E-state index in [4.69, 9.17) is 0 Å². The Morgan fingerprint density at radius 2 is 2.00 bits per heavy atom. The number of carbonyl (C=O) groups is 1. The van der Waals surface area contributed by atoms with Crippen LogP contribution in [0.2, 0.25) is 0 Å². The molecule has 0 fully saturated rings. The number of benzene rings is 1. The summed E-state index contributed by atoms with van der Waals surface area (Å²) < 4.78 is 39.2. The molecule has 3 nitrogen and oxygen atoms in total. The van der Waals surface area contributed by atoms with Crippen LogP contribution < -0.4 is 0 Å². The summed E-state index contributed by atoms with van der Waals surface area (Å²) >= 11 is 3.21. The van der Waals surface area contributed by atoms with Gasteiger partial charge in [-0.1, -0.05) is 15.9 Å². The first kappa shape index (κ1) is 13.8. The molecule has 0 unspecified atom stereocenters. The summed E-state index contributed by atoms with van der Waals surface area (Å²) in [7, 11) is 0. The lowest BCUT2D eigenvalue weighted by Gasteiger charge is -2.08. The molecule has 0 atom stereocenters. The van der Waals surface area contributed by atoms with E-state index in [0.717, 1.165) is 10.7 Å². The first-order valence-corrected chi connectivity index (χ1v) is 6.02. The van der Waals surface area contributed by atoms with Crippen molar-refractivity contribution in [2.75, 3.05) is 0 Å². The molecule has 7 heteroatoms. The molecule has 0 aliphatic rings. The molecule has 0 bridgehead atoms. The highest BCUT2D eigenvalue weighted by Crippen LogP contribution is 2.29. The third-order valence-electron chi connectivity index (χ3n) is 2.47. The van der Waals surface area contributed by atoms with Gasteiger partial charge in [-0.05, 0) is 31.2 Å². The highest BCUT2D eigenvalue weighted by molar-refractivity contribution is 9.10. The molecule has 0 aliphatic heterocycles. The van der Waals surface area contributed by atoms with Gasteiger partial charge in [0.2, 0.25) is 0 Å². The minimum Gasteiger partial charge on any atom is -0.294 e. The maximum Gasteiger partial charge on any atom is 0.435 e. The van der Waals surface area contributed by atoms with Crippen molar-refractivity contribution in [1.82, 2.24) is 9.78 Å². The molecule has 100 valence electrons. The molecule has 2 aromatic rings. The average Bonchev–Trinajstić information content (AvgIpc) is 2.77. The summed E-state index contributed by atoms with van der Waals surface area (Å²) in [5.41, 5.74) is -0.389. The van der Waals surface area contributed by atoms with Crippen LogP contribution in [-0.2, 0) is 6.18 Å². The summed E-state index contributed by atoms with van der Waals surface area (Å²) in [5.74, 6) is -0.244. The lowest BCUT2D eigenvalue weighted by Crippen LogP contribution is -2.09. The zero-order valence-corrected chi connectivity index (χ0v) is 11.3. The lowest BCUT2D eigenvalue weighted by molar-refractivity contribution is -0.141. The van der Waals surface area contributed by atoms with Gasteiger partial charge in [-0.25, -0.2) is 4.68 Å². The number of aromatic nitrogens is 2. The Morgan fingerprint density at radius 3 is 2.53 bits per heavy atom. The molecule has 1 aromatic carbocycles. The number of hydrogen-bond acceptors (Lipinski definition) is 2. The van der Waals surface area contributed by atoms with Gasteiger partial charge in [-0.2, -0.15) is 18.3 Å². The van der Waals surface area contributed by atoms with Crippen molar-refractivity contribution >= 4 is 21.7 Å². The summed E-state index contributed by atoms with van der Waals surface area (Å²) in [6.45, 7) is 1.35. The fraction of sp³-hybridized carbons (Fsp3) is 0.167. The second kappa shape index (κ2) is 4.80. The normalized spacial score (nSPS) is 11.6. The van der Waals surface area contributed by atoms with Crippen molar-refractivity contribution in [2.24, 2.45) is 0 Å². The van der Waals surface area contributed by atoms with Crippen LogP contribution in [0.25, 0.3) is 5.69 Å². The van der Waals surface area contributed by atoms with E-state index in [2.05, 4.69) is 21.0 Å². The summed E-state index contributed by atoms with van der Waals surface area (Å²) in [4.78, 5) is 11.5. The van der Waals surface area contributed by atoms with Crippen molar-refractivity contribution in [3.8, 4) is 5.69 Å². The number of ketones is 1. The third kappa shape index (κ3) is 2.86. The van der Waals surface area contributed by atoms with Crippen LogP contribution in [0.3, 0.4) is 0 Å². The van der Waals surface area contributed by atoms with E-state index < -0.39 is 11.9 Å². The number of carbonyl (C=O) groups excluding carboxylic acids is 1. The van der Waals surface area contributed by atoms with Crippen LogP contribution in [0.1, 0.15) is 23.0 Å². The van der Waals surface area contributed by atoms with E-state index >= 15 is 0 Å². The molecule has 0 amide bonds. The predicted octanol–water partition coefficient (Wildman–Crippen LogP) is 3.86. The standard InChI is InChI=1S/C12H8BrF3N2O/c1-7(19)9-3-2-8(13)6-10(9)18-5-4-11(17-18)12(14,15)16/h2-6H,1H3. The van der Waals surface area contributed by atoms with E-state index in [9.17, 15) is 18.0 Å². The van der Waals surface area contributed by atoms with Crippen LogP contribution in [0, 0.1) is 0 Å². The van der Waals surface area contributed by atoms with E-state index in [1.54, 1.807) is 12.1 Å². The molecular formula is C12H8BrF3N2O. The Bertz CT molecular complexity index is 634. The fourth-order valence-electron chi connectivity index (χ4n) is 1.60. The number of alkyl halides is 3. The Kier molecular flexibility index (Phi) is 3.49. The maximum atomic E-state index is 12.5. The van der Waals surface area contributed by atoms with E-state index in [-0.39, 0.29) is 5.78 Å². The molecule has 0 N–H and O–H groups in total. The number of nitrogens with zero attached hydrogens (tertiary/aromatic N) is 2. The van der Waals surface area contributed by atoms with Crippen LogP contribution in [0.4, 0.5) is 13.2 Å². The molecule has 2 rings (SSSR count). The Balaban J connectivity index is 2.55. The summed E-state index contributed by atoms with van der Waals surface area (Å²) in [5, 5.41) is 3.45. The molecule has 1 aromatic heterocycles. The average molecular weight is 333 g/mol. The van der Waals surface area contributed by atoms with Crippen molar-refractivity contribution in [3.05, 3.63) is 46.2 Å². The van der Waals surface area contributed by atoms with Crippen molar-refractivity contribution in [1.29, 1.82) is 0 Å². The molecule has 0 aliphatic carbocycles. The van der Waals surface area contributed by atoms with Gasteiger partial charge in [-0.15, -0.1) is 0 Å². The number of halogens is 4. The van der Waals surface area contributed by atoms with Crippen LogP contribution in [-0.4, -0.2) is 15.6 Å². The van der Waals surface area contributed by atoms with Gasteiger partial charge < -0.3 is 0 Å². The largest absolute Gasteiger partial charge is 0.435 e. The van der Waals surface area contributed by atoms with Crippen LogP contribution in [0.15, 0.2) is 34.9 Å². The highest BCUT2D eigenvalue weighted by Gasteiger charge is 2.33. The highest BCUT2D eigenvalue weighted by atomic mass is 79.9. The zero-order chi connectivity index (χ0) is 14.2. The number of hydrogen-bond donors (Lipinski definition) is 0. The lowest BCUT2D eigenvalue weighted by atomic mass is 10.1. The van der Waals surface area contributed by atoms with Crippen LogP contribution in [0.5, 0.6) is 0 Å². The topological polar surface area (TPSA) is 34.9 Å². The molecule has 1 heterocycles. The van der Waals surface area contributed by atoms with Gasteiger partial charge in [0.05, 0.1) is 5.69 Å². The summed E-state index contributed by atoms with van der Waals surface area (Å²) in [6.07, 6.45) is -3.33. The monoisotopic (exact) mass is 332 g/mol. The van der Waals surface area contributed by atoms with Crippen LogP contribution >= 0.6 is 15.9 Å². The van der Waals surface area contributed by atoms with Gasteiger partial charge in [0.1, 0.15) is 0 Å². The minimum absolute atomic E-state index is 0.244. The van der Waals surface area contributed by atoms with E-state index in [1.807, 2.05) is 0 Å². The second-order valence-electron chi connectivity index (χ2n) is 3.86. The maximum absolute atomic E-state index is 12.5. The first-order valence-electron chi connectivity index (χ1n) is 5.23. The number of Topliss-reactive ketones (excluding diaryl/α,β-unsaturated/α-hetero) is 1. The molecule has 0 radical (unpaired) electrons. The van der Waals surface area contributed by atoms with E-state index in [1.165, 1.54) is 19.2 Å². The fourth-order valence-corrected chi connectivity index (χ4v) is 1.95. The van der Waals surface area contributed by atoms with Gasteiger partial charge in [0.15, 0.2) is 11.5 Å². The van der Waals surface area contributed by atoms with Gasteiger partial charge in [-0.3, -0.25) is 4.79 Å². The van der Waals surface area contributed by atoms with E-state index in [0.29, 0.717) is 15.7 Å². The quantitative estimate of drug-likeness (QED) is 0.783. The Morgan fingerprint density at radius 1 is 1.32 bits per heavy atom. The second-order valence-corrected chi connectivity index (χ2v) is 4.78. The molecule has 0 saturated carbocycles. The Labute approximate surface area is 115 Å². The van der Waals surface area contributed by atoms with Crippen molar-refractivity contribution in [3.63, 3.8) is 0 Å². The summed E-state index contributed by atoms with van der Waals surface area (Å²) in [6, 6.07) is 5.60. The zero-order valence-electron chi connectivity index (χ0n) is 9.70. The Hall–Kier alpha value is -1.63. The van der Waals surface area contributed by atoms with Crippen molar-refractivity contribution < 1.29 is 18.0 Å². The van der Waals surface area contributed by atoms with Gasteiger partial charge >= 0.3 is 6.18 Å². The molecular weight excluding hydrogens is 325 g/mol. The predicted molar refractivity (Wildman–Crippen MR) is 66.3 cm³/mol. The smallest absolute Gasteiger partial charge is 0.294 e.